The molecule has 1 heterocycles. The average Bonchev–Trinajstić information content (AvgIpc) is 2.67. The molecular weight excluding hydrogens is 192 g/mol. The molecule has 0 atom stereocenters. The summed E-state index contributed by atoms with van der Waals surface area (Å²) in [6, 6.07) is 9.64. The van der Waals surface area contributed by atoms with Crippen LogP contribution in [0.2, 0.25) is 0 Å². The van der Waals surface area contributed by atoms with Gasteiger partial charge in [0.25, 0.3) is 0 Å². The number of carbonyl (C=O) groups is 1. The number of aromatic nitrogens is 3. The van der Waals surface area contributed by atoms with Crippen molar-refractivity contribution in [3.05, 3.63) is 36.5 Å². The molecule has 0 aliphatic carbocycles. The highest BCUT2D eigenvalue weighted by atomic mass is 16.2. The van der Waals surface area contributed by atoms with Crippen LogP contribution < -0.4 is 5.43 Å². The second-order valence-electron chi connectivity index (χ2n) is 3.08. The summed E-state index contributed by atoms with van der Waals surface area (Å²) in [5.41, 5.74) is 4.19. The van der Waals surface area contributed by atoms with E-state index in [2.05, 4.69) is 15.7 Å². The molecule has 0 aliphatic rings. The molecule has 1 aromatic carbocycles. The van der Waals surface area contributed by atoms with E-state index >= 15 is 0 Å². The first-order valence-corrected chi connectivity index (χ1v) is 4.51. The first-order chi connectivity index (χ1) is 7.25. The highest BCUT2D eigenvalue weighted by molar-refractivity contribution is 5.80. The maximum absolute atomic E-state index is 10.8. The van der Waals surface area contributed by atoms with Crippen molar-refractivity contribution in [1.29, 1.82) is 0 Å². The molecule has 0 unspecified atom stereocenters. The number of carbonyl (C=O) groups excluding carboxylic acids is 1. The van der Waals surface area contributed by atoms with E-state index in [1.165, 1.54) is 11.7 Å². The van der Waals surface area contributed by atoms with Crippen LogP contribution in [0, 0.1) is 0 Å². The molecular formula is C10H10N4O. The third-order valence-corrected chi connectivity index (χ3v) is 1.83. The maximum Gasteiger partial charge on any atom is 0.236 e. The zero-order chi connectivity index (χ0) is 10.7. The molecule has 0 fully saturated rings. The lowest BCUT2D eigenvalue weighted by molar-refractivity contribution is -0.115. The highest BCUT2D eigenvalue weighted by Crippen LogP contribution is 2.13. The highest BCUT2D eigenvalue weighted by Gasteiger charge is 2.02. The summed E-state index contributed by atoms with van der Waals surface area (Å²) in [4.78, 5) is 12.1. The zero-order valence-electron chi connectivity index (χ0n) is 8.21. The normalized spacial score (nSPS) is 9.93. The Labute approximate surface area is 86.7 Å². The molecule has 0 spiro atoms. The van der Waals surface area contributed by atoms with Crippen molar-refractivity contribution in [2.45, 2.75) is 6.92 Å². The minimum absolute atomic E-state index is 0.181. The molecule has 1 N–H and O–H groups in total. The van der Waals surface area contributed by atoms with Gasteiger partial charge < -0.3 is 0 Å². The predicted octanol–water partition coefficient (Wildman–Crippen LogP) is 1.04. The van der Waals surface area contributed by atoms with Gasteiger partial charge in [0.1, 0.15) is 5.69 Å². The Morgan fingerprint density at radius 3 is 2.73 bits per heavy atom. The number of benzene rings is 1. The van der Waals surface area contributed by atoms with Gasteiger partial charge in [-0.15, -0.1) is 5.10 Å². The Morgan fingerprint density at radius 1 is 1.33 bits per heavy atom. The number of nitrogens with zero attached hydrogens (tertiary/aromatic N) is 3. The van der Waals surface area contributed by atoms with Crippen molar-refractivity contribution in [3.63, 3.8) is 0 Å². The van der Waals surface area contributed by atoms with Crippen molar-refractivity contribution in [1.82, 2.24) is 15.1 Å². The molecule has 2 aromatic rings. The van der Waals surface area contributed by atoms with Crippen LogP contribution in [-0.2, 0) is 4.79 Å². The molecule has 5 nitrogen and oxygen atoms in total. The fourth-order valence-corrected chi connectivity index (χ4v) is 1.22. The van der Waals surface area contributed by atoms with Gasteiger partial charge >= 0.3 is 0 Å². The van der Waals surface area contributed by atoms with E-state index < -0.39 is 0 Å². The minimum Gasteiger partial charge on any atom is -0.274 e. The lowest BCUT2D eigenvalue weighted by Gasteiger charge is -1.97. The first kappa shape index (κ1) is 9.39. The SMILES string of the molecule is CC(=O)Nn1cc(-c2ccccc2)nn1. The molecule has 0 saturated heterocycles. The van der Waals surface area contributed by atoms with Crippen LogP contribution in [0.25, 0.3) is 11.3 Å². The summed E-state index contributed by atoms with van der Waals surface area (Å²) >= 11 is 0. The number of nitrogens with one attached hydrogen (secondary N) is 1. The van der Waals surface area contributed by atoms with E-state index in [-0.39, 0.29) is 5.91 Å². The van der Waals surface area contributed by atoms with Gasteiger partial charge in [-0.2, -0.15) is 4.79 Å². The Morgan fingerprint density at radius 2 is 2.07 bits per heavy atom. The summed E-state index contributed by atoms with van der Waals surface area (Å²) in [5, 5.41) is 7.71. The van der Waals surface area contributed by atoms with Crippen molar-refractivity contribution in [2.24, 2.45) is 0 Å². The van der Waals surface area contributed by atoms with Crippen LogP contribution in [0.15, 0.2) is 36.5 Å². The monoisotopic (exact) mass is 202 g/mol. The molecule has 5 heteroatoms. The fraction of sp³-hybridized carbons (Fsp3) is 0.100. The second kappa shape index (κ2) is 3.91. The molecule has 2 rings (SSSR count). The lowest BCUT2D eigenvalue weighted by atomic mass is 10.2. The summed E-state index contributed by atoms with van der Waals surface area (Å²) < 4.78 is 0. The van der Waals surface area contributed by atoms with Crippen molar-refractivity contribution < 1.29 is 4.79 Å². The van der Waals surface area contributed by atoms with E-state index in [4.69, 9.17) is 0 Å². The van der Waals surface area contributed by atoms with Crippen LogP contribution in [0.3, 0.4) is 0 Å². The predicted molar refractivity (Wildman–Crippen MR) is 55.5 cm³/mol. The Bertz CT molecular complexity index is 463. The summed E-state index contributed by atoms with van der Waals surface area (Å²) in [6.07, 6.45) is 1.66. The molecule has 0 saturated carbocycles. The third kappa shape index (κ3) is 2.19. The van der Waals surface area contributed by atoms with E-state index in [1.807, 2.05) is 30.3 Å². The van der Waals surface area contributed by atoms with Crippen LogP contribution in [0.1, 0.15) is 6.92 Å². The first-order valence-electron chi connectivity index (χ1n) is 4.51. The third-order valence-electron chi connectivity index (χ3n) is 1.83. The fourth-order valence-electron chi connectivity index (χ4n) is 1.22. The van der Waals surface area contributed by atoms with Gasteiger partial charge in [-0.1, -0.05) is 30.3 Å². The molecule has 1 aromatic heterocycles. The van der Waals surface area contributed by atoms with Crippen molar-refractivity contribution >= 4 is 5.91 Å². The smallest absolute Gasteiger partial charge is 0.236 e. The molecule has 15 heavy (non-hydrogen) atoms. The van der Waals surface area contributed by atoms with E-state index in [1.54, 1.807) is 6.20 Å². The Balaban J connectivity index is 2.24. The minimum atomic E-state index is -0.181. The van der Waals surface area contributed by atoms with Crippen LogP contribution in [0.5, 0.6) is 0 Å². The van der Waals surface area contributed by atoms with Gasteiger partial charge in [-0.25, -0.2) is 5.43 Å². The number of hydrogen-bond donors (Lipinski definition) is 1. The second-order valence-corrected chi connectivity index (χ2v) is 3.08. The molecule has 0 bridgehead atoms. The van der Waals surface area contributed by atoms with Gasteiger partial charge in [0.15, 0.2) is 0 Å². The van der Waals surface area contributed by atoms with Gasteiger partial charge in [0, 0.05) is 12.5 Å². The number of amides is 1. The average molecular weight is 202 g/mol. The molecule has 1 amide bonds. The summed E-state index contributed by atoms with van der Waals surface area (Å²) in [6.45, 7) is 1.42. The Hall–Kier alpha value is -2.17. The van der Waals surface area contributed by atoms with Crippen LogP contribution in [-0.4, -0.2) is 21.0 Å². The largest absolute Gasteiger partial charge is 0.274 e. The Kier molecular flexibility index (Phi) is 2.45. The lowest BCUT2D eigenvalue weighted by Crippen LogP contribution is -2.20. The summed E-state index contributed by atoms with van der Waals surface area (Å²) in [7, 11) is 0. The van der Waals surface area contributed by atoms with Gasteiger partial charge in [0.2, 0.25) is 5.91 Å². The molecule has 0 radical (unpaired) electrons. The van der Waals surface area contributed by atoms with E-state index in [0.717, 1.165) is 11.3 Å². The summed E-state index contributed by atoms with van der Waals surface area (Å²) in [5.74, 6) is -0.181. The van der Waals surface area contributed by atoms with Crippen LogP contribution in [0.4, 0.5) is 0 Å². The number of rotatable bonds is 2. The van der Waals surface area contributed by atoms with Crippen molar-refractivity contribution in [3.8, 4) is 11.3 Å². The van der Waals surface area contributed by atoms with Crippen LogP contribution >= 0.6 is 0 Å². The van der Waals surface area contributed by atoms with E-state index in [9.17, 15) is 4.79 Å². The van der Waals surface area contributed by atoms with Gasteiger partial charge in [0.05, 0.1) is 6.20 Å². The molecule has 0 aliphatic heterocycles. The standard InChI is InChI=1S/C10H10N4O/c1-8(15)12-14-7-10(11-13-14)9-5-3-2-4-6-9/h2-7H,1H3,(H,12,15). The topological polar surface area (TPSA) is 59.8 Å². The van der Waals surface area contributed by atoms with Gasteiger partial charge in [-0.05, 0) is 5.21 Å². The quantitative estimate of drug-likeness (QED) is 0.791. The van der Waals surface area contributed by atoms with Crippen molar-refractivity contribution in [2.75, 3.05) is 5.43 Å². The maximum atomic E-state index is 10.8. The zero-order valence-corrected chi connectivity index (χ0v) is 8.21. The van der Waals surface area contributed by atoms with Gasteiger partial charge in [-0.3, -0.25) is 4.79 Å². The number of hydrogen-bond acceptors (Lipinski definition) is 3. The van der Waals surface area contributed by atoms with E-state index in [0.29, 0.717) is 0 Å². The molecule has 76 valence electrons.